The number of rotatable bonds is 11. The Morgan fingerprint density at radius 3 is 2.76 bits per heavy atom. The molecule has 0 bridgehead atoms. The van der Waals surface area contributed by atoms with E-state index in [0.717, 1.165) is 47.9 Å². The molecule has 7 nitrogen and oxygen atoms in total. The van der Waals surface area contributed by atoms with Gasteiger partial charge in [0, 0.05) is 43.4 Å². The Morgan fingerprint density at radius 2 is 1.95 bits per heavy atom. The van der Waals surface area contributed by atoms with Crippen LogP contribution in [0.3, 0.4) is 0 Å². The molecule has 0 aliphatic heterocycles. The molecule has 0 radical (unpaired) electrons. The molecule has 37 heavy (non-hydrogen) atoms. The molecule has 4 aromatic rings. The molecule has 0 saturated carbocycles. The number of hydrogen-bond acceptors (Lipinski definition) is 6. The normalized spacial score (nSPS) is 11.5. The average molecular weight is 526 g/mol. The maximum atomic E-state index is 13.5. The van der Waals surface area contributed by atoms with Crippen LogP contribution in [0.2, 0.25) is 5.02 Å². The topological polar surface area (TPSA) is 78.8 Å². The predicted molar refractivity (Wildman–Crippen MR) is 143 cm³/mol. The number of fused-ring (bicyclic) bond motifs is 1. The lowest BCUT2D eigenvalue weighted by Crippen LogP contribution is -2.01. The molecule has 2 aromatic heterocycles. The molecule has 9 heteroatoms. The molecule has 2 heterocycles. The Hall–Kier alpha value is -3.65. The van der Waals surface area contributed by atoms with Gasteiger partial charge in [-0.1, -0.05) is 24.1 Å². The van der Waals surface area contributed by atoms with E-state index >= 15 is 0 Å². The van der Waals surface area contributed by atoms with Crippen LogP contribution in [0.25, 0.3) is 11.0 Å². The van der Waals surface area contributed by atoms with Gasteiger partial charge in [0.15, 0.2) is 0 Å². The van der Waals surface area contributed by atoms with E-state index in [1.807, 2.05) is 13.8 Å². The molecule has 2 aromatic carbocycles. The molecule has 194 valence electrons. The van der Waals surface area contributed by atoms with Gasteiger partial charge in [-0.15, -0.1) is 0 Å². The largest absolute Gasteiger partial charge is 0.492 e. The lowest BCUT2D eigenvalue weighted by molar-refractivity contribution is 0.305. The summed E-state index contributed by atoms with van der Waals surface area (Å²) in [6.07, 6.45) is 5.54. The lowest BCUT2D eigenvalue weighted by atomic mass is 10.1. The van der Waals surface area contributed by atoms with Crippen molar-refractivity contribution in [3.8, 4) is 17.4 Å². The molecule has 0 saturated heterocycles. The Bertz CT molecular complexity index is 1480. The monoisotopic (exact) mass is 525 g/mol. The molecule has 0 amide bonds. The van der Waals surface area contributed by atoms with E-state index in [1.54, 1.807) is 42.2 Å². The summed E-state index contributed by atoms with van der Waals surface area (Å²) in [4.78, 5) is 16.2. The van der Waals surface area contributed by atoms with Crippen molar-refractivity contribution >= 4 is 28.8 Å². The first-order valence-corrected chi connectivity index (χ1v) is 12.5. The number of aromatic nitrogens is 2. The number of ether oxygens (including phenoxy) is 2. The minimum absolute atomic E-state index is 0.360. The van der Waals surface area contributed by atoms with Crippen molar-refractivity contribution in [2.24, 2.45) is 12.0 Å². The second kappa shape index (κ2) is 12.1. The molecule has 0 fully saturated rings. The van der Waals surface area contributed by atoms with Gasteiger partial charge in [-0.05, 0) is 56.9 Å². The van der Waals surface area contributed by atoms with Gasteiger partial charge < -0.3 is 13.9 Å². The quantitative estimate of drug-likeness (QED) is 0.122. The van der Waals surface area contributed by atoms with E-state index < -0.39 is 5.63 Å². The average Bonchev–Trinajstić information content (AvgIpc) is 3.10. The molecular formula is C28H29ClFN3O4. The molecule has 0 atom stereocenters. The fourth-order valence-corrected chi connectivity index (χ4v) is 4.21. The van der Waals surface area contributed by atoms with Crippen LogP contribution >= 0.6 is 11.6 Å². The third-order valence-electron chi connectivity index (χ3n) is 5.89. The van der Waals surface area contributed by atoms with E-state index in [0.29, 0.717) is 41.1 Å². The van der Waals surface area contributed by atoms with Crippen molar-refractivity contribution in [2.45, 2.75) is 39.5 Å². The van der Waals surface area contributed by atoms with Crippen molar-refractivity contribution < 1.29 is 18.3 Å². The predicted octanol–water partition coefficient (Wildman–Crippen LogP) is 6.79. The fraction of sp³-hybridized carbons (Fsp3) is 0.321. The number of nitrogens with zero attached hydrogens (tertiary/aromatic N) is 3. The maximum Gasteiger partial charge on any atom is 0.336 e. The summed E-state index contributed by atoms with van der Waals surface area (Å²) in [6.45, 7) is 4.91. The molecule has 0 aliphatic carbocycles. The molecular weight excluding hydrogens is 497 g/mol. The number of benzene rings is 2. The lowest BCUT2D eigenvalue weighted by Gasteiger charge is -2.09. The van der Waals surface area contributed by atoms with E-state index in [9.17, 15) is 9.18 Å². The zero-order valence-electron chi connectivity index (χ0n) is 21.1. The van der Waals surface area contributed by atoms with Gasteiger partial charge in [-0.3, -0.25) is 4.99 Å². The van der Waals surface area contributed by atoms with Gasteiger partial charge in [0.1, 0.15) is 22.9 Å². The Balaban J connectivity index is 1.22. The number of halogens is 2. The van der Waals surface area contributed by atoms with E-state index in [2.05, 4.69) is 10.1 Å². The Morgan fingerprint density at radius 1 is 1.14 bits per heavy atom. The molecule has 0 aliphatic rings. The Kier molecular flexibility index (Phi) is 8.61. The van der Waals surface area contributed by atoms with Crippen LogP contribution in [-0.2, 0) is 7.05 Å². The van der Waals surface area contributed by atoms with Crippen molar-refractivity contribution in [1.29, 1.82) is 0 Å². The second-order valence-electron chi connectivity index (χ2n) is 8.81. The number of hydrogen-bond donors (Lipinski definition) is 0. The number of aryl methyl sites for hydroxylation is 3. The number of unbranched alkanes of at least 4 members (excludes halogenated alkanes) is 3. The summed E-state index contributed by atoms with van der Waals surface area (Å²) in [7, 11) is 1.78. The van der Waals surface area contributed by atoms with Crippen molar-refractivity contribution in [2.75, 3.05) is 13.2 Å². The third kappa shape index (κ3) is 6.77. The van der Waals surface area contributed by atoms with Crippen LogP contribution in [0.5, 0.6) is 17.4 Å². The summed E-state index contributed by atoms with van der Waals surface area (Å²) in [5.41, 5.74) is 2.46. The fourth-order valence-electron chi connectivity index (χ4n) is 3.99. The van der Waals surface area contributed by atoms with Gasteiger partial charge in [-0.2, -0.15) is 5.10 Å². The first kappa shape index (κ1) is 26.4. The summed E-state index contributed by atoms with van der Waals surface area (Å²) in [5, 5.41) is 5.69. The van der Waals surface area contributed by atoms with Crippen LogP contribution in [0.1, 0.15) is 42.5 Å². The van der Waals surface area contributed by atoms with Gasteiger partial charge in [-0.25, -0.2) is 13.9 Å². The highest BCUT2D eigenvalue weighted by molar-refractivity contribution is 6.32. The van der Waals surface area contributed by atoms with Crippen LogP contribution in [-0.4, -0.2) is 29.1 Å². The van der Waals surface area contributed by atoms with Crippen molar-refractivity contribution in [3.05, 3.63) is 80.5 Å². The van der Waals surface area contributed by atoms with Gasteiger partial charge >= 0.3 is 5.63 Å². The SMILES string of the molecule is Cc1nn(C)c(Oc2cccc(F)c2)c1C=NCCCCCCOc1cc2oc(=O)cc(C)c2cc1Cl. The molecule has 4 rings (SSSR count). The minimum Gasteiger partial charge on any atom is -0.492 e. The summed E-state index contributed by atoms with van der Waals surface area (Å²) in [6, 6.07) is 10.9. The summed E-state index contributed by atoms with van der Waals surface area (Å²) in [5.74, 6) is 1.08. The van der Waals surface area contributed by atoms with Crippen LogP contribution in [0.4, 0.5) is 4.39 Å². The van der Waals surface area contributed by atoms with Crippen LogP contribution < -0.4 is 15.1 Å². The highest BCUT2D eigenvalue weighted by atomic mass is 35.5. The smallest absolute Gasteiger partial charge is 0.336 e. The van der Waals surface area contributed by atoms with E-state index in [-0.39, 0.29) is 5.82 Å². The molecule has 0 spiro atoms. The van der Waals surface area contributed by atoms with E-state index in [4.69, 9.17) is 25.5 Å². The van der Waals surface area contributed by atoms with Gasteiger partial charge in [0.05, 0.1) is 22.9 Å². The zero-order chi connectivity index (χ0) is 26.4. The Labute approximate surface area is 219 Å². The summed E-state index contributed by atoms with van der Waals surface area (Å²) >= 11 is 6.35. The van der Waals surface area contributed by atoms with Crippen molar-refractivity contribution in [3.63, 3.8) is 0 Å². The number of aliphatic imine (C=N–C) groups is 1. The van der Waals surface area contributed by atoms with Gasteiger partial charge in [0.25, 0.3) is 0 Å². The summed E-state index contributed by atoms with van der Waals surface area (Å²) < 4.78 is 32.1. The van der Waals surface area contributed by atoms with Crippen LogP contribution in [0.15, 0.2) is 56.7 Å². The second-order valence-corrected chi connectivity index (χ2v) is 9.22. The third-order valence-corrected chi connectivity index (χ3v) is 6.18. The van der Waals surface area contributed by atoms with Gasteiger partial charge in [0.2, 0.25) is 5.88 Å². The molecule has 0 unspecified atom stereocenters. The van der Waals surface area contributed by atoms with Crippen LogP contribution in [0, 0.1) is 19.7 Å². The first-order valence-electron chi connectivity index (χ1n) is 12.2. The minimum atomic E-state index is -0.394. The van der Waals surface area contributed by atoms with E-state index in [1.165, 1.54) is 18.2 Å². The van der Waals surface area contributed by atoms with Crippen molar-refractivity contribution in [1.82, 2.24) is 9.78 Å². The first-order chi connectivity index (χ1) is 17.8. The highest BCUT2D eigenvalue weighted by Gasteiger charge is 2.14. The molecule has 0 N–H and O–H groups in total. The zero-order valence-corrected chi connectivity index (χ0v) is 21.8. The highest BCUT2D eigenvalue weighted by Crippen LogP contribution is 2.31. The maximum absolute atomic E-state index is 13.5. The standard InChI is InChI=1S/C28H29ClFN3O4/c1-18-13-27(34)37-25-16-26(24(29)15-22(18)25)35-12-7-5-4-6-11-31-17-23-19(2)32-33(3)28(23)36-21-10-8-9-20(30)14-21/h8-10,13-17H,4-7,11-12H2,1-3H3.